The van der Waals surface area contributed by atoms with Crippen LogP contribution in [-0.2, 0) is 13.1 Å². The maximum Gasteiger partial charge on any atom is 0.251 e. The van der Waals surface area contributed by atoms with Crippen molar-refractivity contribution in [2.24, 2.45) is 4.99 Å². The maximum absolute atomic E-state index is 12.1. The van der Waals surface area contributed by atoms with Crippen LogP contribution in [0.4, 0.5) is 0 Å². The predicted octanol–water partition coefficient (Wildman–Crippen LogP) is 3.73. The largest absolute Gasteiger partial charge is 0.493 e. The van der Waals surface area contributed by atoms with E-state index in [4.69, 9.17) is 14.2 Å². The lowest BCUT2D eigenvalue weighted by atomic mass is 10.1. The Hall–Kier alpha value is -2.69. The molecule has 0 fully saturated rings. The molecule has 0 saturated heterocycles. The van der Waals surface area contributed by atoms with Gasteiger partial charge < -0.3 is 30.2 Å². The third-order valence-electron chi connectivity index (χ3n) is 4.90. The minimum atomic E-state index is -0.0409. The van der Waals surface area contributed by atoms with Gasteiger partial charge >= 0.3 is 0 Å². The highest BCUT2D eigenvalue weighted by Gasteiger charge is 2.13. The molecule has 2 aromatic rings. The van der Waals surface area contributed by atoms with Crippen molar-refractivity contribution < 1.29 is 19.0 Å². The highest BCUT2D eigenvalue weighted by atomic mass is 127. The molecule has 0 radical (unpaired) electrons. The Morgan fingerprint density at radius 3 is 1.94 bits per heavy atom. The van der Waals surface area contributed by atoms with Crippen LogP contribution in [0.1, 0.15) is 41.3 Å². The van der Waals surface area contributed by atoms with E-state index in [0.717, 1.165) is 24.0 Å². The van der Waals surface area contributed by atoms with Crippen molar-refractivity contribution in [1.29, 1.82) is 0 Å². The second kappa shape index (κ2) is 15.2. The van der Waals surface area contributed by atoms with Crippen LogP contribution in [-0.4, -0.2) is 46.8 Å². The summed E-state index contributed by atoms with van der Waals surface area (Å²) in [5, 5.41) is 9.48. The average Bonchev–Trinajstić information content (AvgIpc) is 2.83. The Morgan fingerprint density at radius 2 is 1.45 bits per heavy atom. The van der Waals surface area contributed by atoms with Crippen LogP contribution in [0.3, 0.4) is 0 Å². The van der Waals surface area contributed by atoms with Gasteiger partial charge in [-0.2, -0.15) is 0 Å². The Bertz CT molecular complexity index is 879. The number of nitrogens with one attached hydrogen (secondary N) is 3. The highest BCUT2D eigenvalue weighted by Crippen LogP contribution is 2.38. The fraction of sp³-hybridized carbons (Fsp3) is 0.417. The molecular formula is C24H35IN4O4. The second-order valence-corrected chi connectivity index (χ2v) is 7.12. The molecule has 3 N–H and O–H groups in total. The van der Waals surface area contributed by atoms with Crippen molar-refractivity contribution in [1.82, 2.24) is 16.0 Å². The number of rotatable bonds is 11. The molecule has 182 valence electrons. The molecule has 0 aliphatic carbocycles. The molecule has 0 heterocycles. The van der Waals surface area contributed by atoms with Crippen LogP contribution in [0.25, 0.3) is 0 Å². The first-order valence-electron chi connectivity index (χ1n) is 10.7. The van der Waals surface area contributed by atoms with Crippen LogP contribution >= 0.6 is 24.0 Å². The van der Waals surface area contributed by atoms with E-state index in [1.165, 1.54) is 0 Å². The lowest BCUT2D eigenvalue weighted by Crippen LogP contribution is -2.36. The number of amides is 1. The van der Waals surface area contributed by atoms with Gasteiger partial charge in [0, 0.05) is 32.2 Å². The maximum atomic E-state index is 12.1. The summed E-state index contributed by atoms with van der Waals surface area (Å²) in [6.07, 6.45) is 2.04. The van der Waals surface area contributed by atoms with E-state index in [2.05, 4.69) is 27.9 Å². The normalized spacial score (nSPS) is 10.6. The van der Waals surface area contributed by atoms with Crippen LogP contribution in [0, 0.1) is 0 Å². The van der Waals surface area contributed by atoms with Crippen LogP contribution in [0.15, 0.2) is 41.4 Å². The van der Waals surface area contributed by atoms with Gasteiger partial charge in [0.2, 0.25) is 5.75 Å². The standard InChI is InChI=1S/C24H34N4O4.HI/c1-6-7-12-26-23(29)19-10-8-17(9-11-19)15-27-24(25-2)28-16-18-13-20(30-3)22(32-5)21(14-18)31-4;/h8-11,13-14H,6-7,12,15-16H2,1-5H3,(H,26,29)(H2,25,27,28);1H. The molecule has 2 aromatic carbocycles. The summed E-state index contributed by atoms with van der Waals surface area (Å²) in [7, 11) is 6.48. The molecule has 0 aliphatic rings. The lowest BCUT2D eigenvalue weighted by Gasteiger charge is -2.16. The van der Waals surface area contributed by atoms with E-state index in [0.29, 0.717) is 48.4 Å². The van der Waals surface area contributed by atoms with Gasteiger partial charge in [-0.3, -0.25) is 9.79 Å². The minimum absolute atomic E-state index is 0. The molecule has 0 atom stereocenters. The monoisotopic (exact) mass is 570 g/mol. The number of hydrogen-bond donors (Lipinski definition) is 3. The Labute approximate surface area is 213 Å². The summed E-state index contributed by atoms with van der Waals surface area (Å²) < 4.78 is 16.2. The number of methoxy groups -OCH3 is 3. The van der Waals surface area contributed by atoms with Crippen LogP contribution in [0.5, 0.6) is 17.2 Å². The molecule has 0 saturated carbocycles. The number of hydrogen-bond acceptors (Lipinski definition) is 5. The Kier molecular flexibility index (Phi) is 13.1. The van der Waals surface area contributed by atoms with Gasteiger partial charge in [0.15, 0.2) is 17.5 Å². The summed E-state index contributed by atoms with van der Waals surface area (Å²) in [4.78, 5) is 16.4. The first-order chi connectivity index (χ1) is 15.6. The zero-order chi connectivity index (χ0) is 23.3. The van der Waals surface area contributed by atoms with E-state index >= 15 is 0 Å². The molecule has 0 bridgehead atoms. The van der Waals surface area contributed by atoms with Gasteiger partial charge in [-0.05, 0) is 41.8 Å². The molecule has 1 amide bonds. The molecule has 2 rings (SSSR count). The highest BCUT2D eigenvalue weighted by molar-refractivity contribution is 14.0. The quantitative estimate of drug-likeness (QED) is 0.165. The number of aliphatic imine (C=N–C) groups is 1. The summed E-state index contributed by atoms with van der Waals surface area (Å²) in [5.41, 5.74) is 2.67. The molecule has 33 heavy (non-hydrogen) atoms. The topological polar surface area (TPSA) is 93.2 Å². The summed E-state index contributed by atoms with van der Waals surface area (Å²) in [5.74, 6) is 2.38. The lowest BCUT2D eigenvalue weighted by molar-refractivity contribution is 0.0953. The third-order valence-corrected chi connectivity index (χ3v) is 4.90. The van der Waals surface area contributed by atoms with Crippen LogP contribution < -0.4 is 30.2 Å². The summed E-state index contributed by atoms with van der Waals surface area (Å²) in [6.45, 7) is 3.90. The van der Waals surface area contributed by atoms with Gasteiger partial charge in [-0.1, -0.05) is 25.5 Å². The fourth-order valence-electron chi connectivity index (χ4n) is 3.08. The van der Waals surface area contributed by atoms with Crippen molar-refractivity contribution in [3.63, 3.8) is 0 Å². The van der Waals surface area contributed by atoms with Gasteiger partial charge in [0.1, 0.15) is 0 Å². The van der Waals surface area contributed by atoms with Gasteiger partial charge in [0.05, 0.1) is 21.3 Å². The average molecular weight is 570 g/mol. The van der Waals surface area contributed by atoms with E-state index in [9.17, 15) is 4.79 Å². The Morgan fingerprint density at radius 1 is 0.879 bits per heavy atom. The molecule has 0 unspecified atom stereocenters. The van der Waals surface area contributed by atoms with Gasteiger partial charge in [-0.15, -0.1) is 24.0 Å². The van der Waals surface area contributed by atoms with E-state index in [1.54, 1.807) is 28.4 Å². The SMILES string of the molecule is CCCCNC(=O)c1ccc(CNC(=NC)NCc2cc(OC)c(OC)c(OC)c2)cc1.I. The van der Waals surface area contributed by atoms with E-state index < -0.39 is 0 Å². The third kappa shape index (κ3) is 8.64. The molecule has 0 aromatic heterocycles. The zero-order valence-corrected chi connectivity index (χ0v) is 22.3. The van der Waals surface area contributed by atoms with E-state index in [-0.39, 0.29) is 29.9 Å². The fourth-order valence-corrected chi connectivity index (χ4v) is 3.08. The molecule has 9 heteroatoms. The van der Waals surface area contributed by atoms with Crippen LogP contribution in [0.2, 0.25) is 0 Å². The number of unbranched alkanes of at least 4 members (excludes halogenated alkanes) is 1. The van der Waals surface area contributed by atoms with Crippen molar-refractivity contribution in [2.75, 3.05) is 34.9 Å². The van der Waals surface area contributed by atoms with Crippen molar-refractivity contribution >= 4 is 35.8 Å². The Balaban J connectivity index is 0.00000544. The summed E-state index contributed by atoms with van der Waals surface area (Å²) in [6, 6.07) is 11.3. The molecule has 0 aliphatic heterocycles. The van der Waals surface area contributed by atoms with Crippen molar-refractivity contribution in [2.45, 2.75) is 32.9 Å². The number of guanidine groups is 1. The predicted molar refractivity (Wildman–Crippen MR) is 142 cm³/mol. The first kappa shape index (κ1) is 28.3. The van der Waals surface area contributed by atoms with E-state index in [1.807, 2.05) is 36.4 Å². The first-order valence-corrected chi connectivity index (χ1v) is 10.7. The summed E-state index contributed by atoms with van der Waals surface area (Å²) >= 11 is 0. The minimum Gasteiger partial charge on any atom is -0.493 e. The van der Waals surface area contributed by atoms with Gasteiger partial charge in [0.25, 0.3) is 5.91 Å². The zero-order valence-electron chi connectivity index (χ0n) is 20.0. The number of carbonyl (C=O) groups excluding carboxylic acids is 1. The van der Waals surface area contributed by atoms with Crippen molar-refractivity contribution in [3.8, 4) is 17.2 Å². The molecule has 8 nitrogen and oxygen atoms in total. The van der Waals surface area contributed by atoms with Crippen molar-refractivity contribution in [3.05, 3.63) is 53.1 Å². The number of benzene rings is 2. The number of nitrogens with zero attached hydrogens (tertiary/aromatic N) is 1. The molecular weight excluding hydrogens is 535 g/mol. The smallest absolute Gasteiger partial charge is 0.251 e. The number of ether oxygens (including phenoxy) is 3. The second-order valence-electron chi connectivity index (χ2n) is 7.12. The molecule has 0 spiro atoms. The number of halogens is 1. The van der Waals surface area contributed by atoms with Gasteiger partial charge in [-0.25, -0.2) is 0 Å². The number of carbonyl (C=O) groups is 1.